The van der Waals surface area contributed by atoms with E-state index < -0.39 is 6.10 Å². The molecule has 0 aliphatic rings. The van der Waals surface area contributed by atoms with Gasteiger partial charge < -0.3 is 9.52 Å². The van der Waals surface area contributed by atoms with Crippen molar-refractivity contribution in [2.75, 3.05) is 0 Å². The average Bonchev–Trinajstić information content (AvgIpc) is 2.94. The molecule has 1 aromatic carbocycles. The monoisotopic (exact) mass is 308 g/mol. The van der Waals surface area contributed by atoms with E-state index in [2.05, 4.69) is 15.9 Å². The Morgan fingerprint density at radius 1 is 1.24 bits per heavy atom. The number of benzene rings is 1. The molecule has 0 aliphatic heterocycles. The summed E-state index contributed by atoms with van der Waals surface area (Å²) in [4.78, 5) is 0. The fourth-order valence-electron chi connectivity index (χ4n) is 1.85. The molecule has 0 aliphatic carbocycles. The molecule has 0 fully saturated rings. The maximum Gasteiger partial charge on any atom is 0.151 e. The number of halogens is 1. The predicted octanol–water partition coefficient (Wildman–Crippen LogP) is 4.34. The second-order valence-electron chi connectivity index (χ2n) is 3.72. The van der Waals surface area contributed by atoms with Crippen molar-refractivity contribution < 1.29 is 9.52 Å². The number of rotatable bonds is 2. The van der Waals surface area contributed by atoms with Gasteiger partial charge in [-0.1, -0.05) is 18.2 Å². The fourth-order valence-corrected chi connectivity index (χ4v) is 3.25. The van der Waals surface area contributed by atoms with Crippen LogP contribution < -0.4 is 0 Å². The molecule has 86 valence electrons. The molecule has 1 unspecified atom stereocenters. The molecule has 1 atom stereocenters. The summed E-state index contributed by atoms with van der Waals surface area (Å²) in [7, 11) is 0. The zero-order valence-corrected chi connectivity index (χ0v) is 11.2. The van der Waals surface area contributed by atoms with Crippen LogP contribution in [0.5, 0.6) is 0 Å². The largest absolute Gasteiger partial charge is 0.465 e. The van der Waals surface area contributed by atoms with Crippen LogP contribution in [0.15, 0.2) is 50.9 Å². The van der Waals surface area contributed by atoms with Gasteiger partial charge in [0.15, 0.2) is 5.76 Å². The van der Waals surface area contributed by atoms with Crippen molar-refractivity contribution >= 4 is 37.4 Å². The van der Waals surface area contributed by atoms with Crippen LogP contribution in [0.3, 0.4) is 0 Å². The molecule has 2 nitrogen and oxygen atoms in total. The summed E-state index contributed by atoms with van der Waals surface area (Å²) in [5, 5.41) is 13.4. The van der Waals surface area contributed by atoms with Crippen molar-refractivity contribution in [2.45, 2.75) is 6.10 Å². The standard InChI is InChI=1S/C13H9BrO2S/c14-10-5-6-16-13(10)12(15)9-7-17-11-4-2-1-3-8(9)11/h1-7,12,15H. The second-order valence-corrected chi connectivity index (χ2v) is 5.49. The van der Waals surface area contributed by atoms with E-state index in [4.69, 9.17) is 4.42 Å². The molecule has 3 aromatic rings. The van der Waals surface area contributed by atoms with Crippen LogP contribution in [0.25, 0.3) is 10.1 Å². The maximum absolute atomic E-state index is 10.3. The van der Waals surface area contributed by atoms with Gasteiger partial charge in [-0.05, 0) is 38.8 Å². The van der Waals surface area contributed by atoms with E-state index in [1.54, 1.807) is 23.7 Å². The van der Waals surface area contributed by atoms with Gasteiger partial charge in [-0.25, -0.2) is 0 Å². The van der Waals surface area contributed by atoms with Crippen LogP contribution in [0.1, 0.15) is 17.4 Å². The van der Waals surface area contributed by atoms with Gasteiger partial charge >= 0.3 is 0 Å². The Kier molecular flexibility index (Phi) is 2.78. The van der Waals surface area contributed by atoms with Crippen molar-refractivity contribution in [1.29, 1.82) is 0 Å². The van der Waals surface area contributed by atoms with Gasteiger partial charge in [0.05, 0.1) is 10.7 Å². The summed E-state index contributed by atoms with van der Waals surface area (Å²) < 4.78 is 7.27. The molecule has 3 rings (SSSR count). The average molecular weight is 309 g/mol. The molecule has 4 heteroatoms. The third-order valence-corrected chi connectivity index (χ3v) is 4.34. The van der Waals surface area contributed by atoms with Crippen molar-refractivity contribution in [3.05, 3.63) is 57.8 Å². The van der Waals surface area contributed by atoms with Crippen LogP contribution in [0.4, 0.5) is 0 Å². The maximum atomic E-state index is 10.3. The minimum Gasteiger partial charge on any atom is -0.465 e. The number of fused-ring (bicyclic) bond motifs is 1. The van der Waals surface area contributed by atoms with E-state index in [1.807, 2.05) is 29.6 Å². The topological polar surface area (TPSA) is 33.4 Å². The summed E-state index contributed by atoms with van der Waals surface area (Å²) in [5.74, 6) is 0.550. The molecule has 0 spiro atoms. The number of aliphatic hydroxyl groups is 1. The lowest BCUT2D eigenvalue weighted by atomic mass is 10.1. The van der Waals surface area contributed by atoms with Gasteiger partial charge in [-0.3, -0.25) is 0 Å². The Morgan fingerprint density at radius 2 is 2.06 bits per heavy atom. The minimum atomic E-state index is -0.726. The van der Waals surface area contributed by atoms with Crippen LogP contribution >= 0.6 is 27.3 Å². The molecule has 2 aromatic heterocycles. The van der Waals surface area contributed by atoms with Gasteiger partial charge in [0.2, 0.25) is 0 Å². The second kappa shape index (κ2) is 4.29. The zero-order chi connectivity index (χ0) is 11.8. The van der Waals surface area contributed by atoms with Gasteiger partial charge in [0.1, 0.15) is 6.10 Å². The van der Waals surface area contributed by atoms with Crippen LogP contribution in [-0.4, -0.2) is 5.11 Å². The Balaban J connectivity index is 2.13. The van der Waals surface area contributed by atoms with Crippen LogP contribution in [0.2, 0.25) is 0 Å². The lowest BCUT2D eigenvalue weighted by molar-refractivity contribution is 0.190. The highest BCUT2D eigenvalue weighted by Gasteiger charge is 2.20. The molecular weight excluding hydrogens is 300 g/mol. The quantitative estimate of drug-likeness (QED) is 0.764. The summed E-state index contributed by atoms with van der Waals surface area (Å²) in [6, 6.07) is 9.82. The summed E-state index contributed by atoms with van der Waals surface area (Å²) >= 11 is 4.99. The van der Waals surface area contributed by atoms with Gasteiger partial charge in [0.25, 0.3) is 0 Å². The first-order valence-electron chi connectivity index (χ1n) is 5.14. The first-order valence-corrected chi connectivity index (χ1v) is 6.81. The molecular formula is C13H9BrO2S. The smallest absolute Gasteiger partial charge is 0.151 e. The lowest BCUT2D eigenvalue weighted by Gasteiger charge is -2.07. The molecule has 17 heavy (non-hydrogen) atoms. The number of thiophene rings is 1. The molecule has 0 bridgehead atoms. The van der Waals surface area contributed by atoms with E-state index in [0.29, 0.717) is 5.76 Å². The normalized spacial score (nSPS) is 13.1. The van der Waals surface area contributed by atoms with E-state index in [0.717, 1.165) is 15.4 Å². The van der Waals surface area contributed by atoms with Crippen LogP contribution in [-0.2, 0) is 0 Å². The molecule has 0 radical (unpaired) electrons. The van der Waals surface area contributed by atoms with Crippen LogP contribution in [0, 0.1) is 0 Å². The third-order valence-electron chi connectivity index (χ3n) is 2.70. The summed E-state index contributed by atoms with van der Waals surface area (Å²) in [5.41, 5.74) is 0.890. The molecule has 0 saturated carbocycles. The van der Waals surface area contributed by atoms with Gasteiger partial charge in [-0.2, -0.15) is 0 Å². The molecule has 2 heterocycles. The van der Waals surface area contributed by atoms with Crippen molar-refractivity contribution in [3.63, 3.8) is 0 Å². The summed E-state index contributed by atoms with van der Waals surface area (Å²) in [6.45, 7) is 0. The van der Waals surface area contributed by atoms with Crippen molar-refractivity contribution in [2.24, 2.45) is 0 Å². The highest BCUT2D eigenvalue weighted by molar-refractivity contribution is 9.10. The Bertz CT molecular complexity index is 656. The van der Waals surface area contributed by atoms with E-state index >= 15 is 0 Å². The highest BCUT2D eigenvalue weighted by atomic mass is 79.9. The number of furan rings is 1. The van der Waals surface area contributed by atoms with E-state index in [-0.39, 0.29) is 0 Å². The minimum absolute atomic E-state index is 0.550. The number of aliphatic hydroxyl groups excluding tert-OH is 1. The van der Waals surface area contributed by atoms with Crippen molar-refractivity contribution in [1.82, 2.24) is 0 Å². The highest BCUT2D eigenvalue weighted by Crippen LogP contribution is 2.36. The fraction of sp³-hybridized carbons (Fsp3) is 0.0769. The van der Waals surface area contributed by atoms with Crippen molar-refractivity contribution in [3.8, 4) is 0 Å². The van der Waals surface area contributed by atoms with E-state index in [1.165, 1.54) is 4.70 Å². The SMILES string of the molecule is OC(c1occc1Br)c1csc2ccccc12. The first-order chi connectivity index (χ1) is 8.27. The van der Waals surface area contributed by atoms with E-state index in [9.17, 15) is 5.11 Å². The van der Waals surface area contributed by atoms with Gasteiger partial charge in [0, 0.05) is 10.3 Å². The third kappa shape index (κ3) is 1.82. The zero-order valence-electron chi connectivity index (χ0n) is 8.76. The number of hydrogen-bond acceptors (Lipinski definition) is 3. The molecule has 1 N–H and O–H groups in total. The van der Waals surface area contributed by atoms with Gasteiger partial charge in [-0.15, -0.1) is 11.3 Å². The number of hydrogen-bond donors (Lipinski definition) is 1. The summed E-state index contributed by atoms with van der Waals surface area (Å²) in [6.07, 6.45) is 0.840. The molecule has 0 amide bonds. The lowest BCUT2D eigenvalue weighted by Crippen LogP contribution is -1.97. The Hall–Kier alpha value is -1.10. The first kappa shape index (κ1) is 11.0. The Morgan fingerprint density at radius 3 is 2.82 bits per heavy atom. The molecule has 0 saturated heterocycles. The Labute approximate surface area is 111 Å². The predicted molar refractivity (Wildman–Crippen MR) is 72.3 cm³/mol.